The quantitative estimate of drug-likeness (QED) is 0.437. The van der Waals surface area contributed by atoms with Gasteiger partial charge in [0.15, 0.2) is 0 Å². The van der Waals surface area contributed by atoms with Gasteiger partial charge in [0.2, 0.25) is 11.8 Å². The van der Waals surface area contributed by atoms with E-state index >= 15 is 0 Å². The molecule has 4 aliphatic heterocycles. The normalized spacial score (nSPS) is 22.2. The molecule has 44 heavy (non-hydrogen) atoms. The van der Waals surface area contributed by atoms with Crippen molar-refractivity contribution in [1.29, 1.82) is 5.26 Å². The summed E-state index contributed by atoms with van der Waals surface area (Å²) in [5, 5.41) is 9.56. The zero-order chi connectivity index (χ0) is 30.8. The Morgan fingerprint density at radius 2 is 1.91 bits per heavy atom. The van der Waals surface area contributed by atoms with Gasteiger partial charge in [0, 0.05) is 70.4 Å². The lowest BCUT2D eigenvalue weighted by Gasteiger charge is -2.41. The fourth-order valence-corrected chi connectivity index (χ4v) is 7.04. The summed E-state index contributed by atoms with van der Waals surface area (Å²) in [5.41, 5.74) is 5.03. The number of aromatic nitrogens is 3. The van der Waals surface area contributed by atoms with Crippen LogP contribution in [0.5, 0.6) is 6.01 Å². The minimum atomic E-state index is -0.265. The minimum Gasteiger partial charge on any atom is -0.462 e. The van der Waals surface area contributed by atoms with Crippen LogP contribution in [-0.2, 0) is 28.9 Å². The summed E-state index contributed by atoms with van der Waals surface area (Å²) in [4.78, 5) is 50.0. The van der Waals surface area contributed by atoms with Crippen LogP contribution in [0.4, 0.5) is 17.2 Å². The Bertz CT molecular complexity index is 1470. The third-order valence-corrected chi connectivity index (χ3v) is 9.58. The van der Waals surface area contributed by atoms with E-state index in [4.69, 9.17) is 14.7 Å². The molecular weight excluding hydrogens is 558 g/mol. The number of fused-ring (bicyclic) bond motifs is 2. The van der Waals surface area contributed by atoms with Crippen molar-refractivity contribution in [2.45, 2.75) is 57.0 Å². The van der Waals surface area contributed by atoms with Crippen LogP contribution in [0, 0.1) is 11.3 Å². The van der Waals surface area contributed by atoms with Crippen LogP contribution in [-0.4, -0.2) is 109 Å². The number of aryl methyl sites for hydroxylation is 1. The molecule has 2 atom stereocenters. The molecular formula is C32H41N9O3. The smallest absolute Gasteiger partial charge is 0.318 e. The van der Waals surface area contributed by atoms with Gasteiger partial charge in [0.1, 0.15) is 12.4 Å². The number of carbonyl (C=O) groups is 2. The molecule has 0 radical (unpaired) electrons. The number of hydrogen-bond donors (Lipinski definition) is 0. The zero-order valence-electron chi connectivity index (χ0n) is 25.7. The third kappa shape index (κ3) is 5.80. The second-order valence-electron chi connectivity index (χ2n) is 12.1. The molecule has 2 aromatic heterocycles. The number of amides is 2. The molecule has 2 fully saturated rings. The Balaban J connectivity index is 1.31. The maximum atomic E-state index is 12.6. The lowest BCUT2D eigenvalue weighted by Crippen LogP contribution is -2.55. The van der Waals surface area contributed by atoms with Crippen molar-refractivity contribution in [3.63, 3.8) is 0 Å². The number of carbonyl (C=O) groups excluding carboxylic acids is 2. The van der Waals surface area contributed by atoms with Gasteiger partial charge in [-0.3, -0.25) is 14.6 Å². The second-order valence-corrected chi connectivity index (χ2v) is 12.1. The van der Waals surface area contributed by atoms with Gasteiger partial charge in [-0.2, -0.15) is 15.2 Å². The number of piperazine rings is 1. The van der Waals surface area contributed by atoms with Gasteiger partial charge < -0.3 is 29.2 Å². The first-order valence-electron chi connectivity index (χ1n) is 15.6. The van der Waals surface area contributed by atoms with Crippen molar-refractivity contribution in [1.82, 2.24) is 24.8 Å². The van der Waals surface area contributed by atoms with Gasteiger partial charge in [-0.05, 0) is 50.9 Å². The van der Waals surface area contributed by atoms with Crippen LogP contribution in [0.25, 0.3) is 0 Å². The lowest BCUT2D eigenvalue weighted by atomic mass is 10.0. The number of anilines is 3. The summed E-state index contributed by atoms with van der Waals surface area (Å²) in [5.74, 6) is 0.780. The first kappa shape index (κ1) is 29.8. The minimum absolute atomic E-state index is 0.118. The Morgan fingerprint density at radius 1 is 1.07 bits per heavy atom. The zero-order valence-corrected chi connectivity index (χ0v) is 25.7. The molecule has 0 aliphatic carbocycles. The monoisotopic (exact) mass is 599 g/mol. The van der Waals surface area contributed by atoms with E-state index in [1.165, 1.54) is 6.08 Å². The van der Waals surface area contributed by atoms with Crippen molar-refractivity contribution >= 4 is 29.0 Å². The SMILES string of the molecule is C=CC(=O)N1CCN(c2nc(OC[C@@H]3CCCN3C)nc3c2CCN(c2cncc4c2N(C)C(=O)CC4)CC3)C[C@@H]1CC#N. The van der Waals surface area contributed by atoms with Crippen molar-refractivity contribution in [3.8, 4) is 12.1 Å². The van der Waals surface area contributed by atoms with Crippen LogP contribution in [0.2, 0.25) is 0 Å². The standard InChI is InChI=1S/C32H41N9O3/c1-4-28(42)41-17-16-40(20-23(41)9-12-33)31-25-10-14-39(27-19-34-18-22-7-8-29(43)38(3)30(22)27)15-11-26(25)35-32(36-31)44-21-24-6-5-13-37(24)2/h4,18-19,23-24H,1,5-11,13-17,20-21H2,2-3H3/t23-,24-/m0/s1. The van der Waals surface area contributed by atoms with Crippen LogP contribution < -0.4 is 19.4 Å². The molecule has 2 saturated heterocycles. The number of nitrogens with zero attached hydrogens (tertiary/aromatic N) is 9. The van der Waals surface area contributed by atoms with Gasteiger partial charge in [-0.25, -0.2) is 0 Å². The van der Waals surface area contributed by atoms with Gasteiger partial charge in [0.25, 0.3) is 0 Å². The number of likely N-dealkylation sites (N-methyl/N-ethyl adjacent to an activating group) is 1. The highest BCUT2D eigenvalue weighted by Crippen LogP contribution is 2.37. The van der Waals surface area contributed by atoms with Crippen LogP contribution in [0.3, 0.4) is 0 Å². The summed E-state index contributed by atoms with van der Waals surface area (Å²) >= 11 is 0. The first-order valence-corrected chi connectivity index (χ1v) is 15.6. The average Bonchev–Trinajstić information content (AvgIpc) is 3.33. The van der Waals surface area contributed by atoms with Gasteiger partial charge in [-0.15, -0.1) is 0 Å². The molecule has 6 heterocycles. The van der Waals surface area contributed by atoms with Crippen molar-refractivity contribution in [2.24, 2.45) is 0 Å². The number of rotatable bonds is 7. The van der Waals surface area contributed by atoms with E-state index in [0.29, 0.717) is 77.1 Å². The summed E-state index contributed by atoms with van der Waals surface area (Å²) in [6, 6.07) is 2.70. The van der Waals surface area contributed by atoms with Gasteiger partial charge in [-0.1, -0.05) is 6.58 Å². The summed E-state index contributed by atoms with van der Waals surface area (Å²) in [6.45, 7) is 8.24. The third-order valence-electron chi connectivity index (χ3n) is 9.58. The molecule has 0 spiro atoms. The van der Waals surface area contributed by atoms with Gasteiger partial charge >= 0.3 is 6.01 Å². The number of nitriles is 1. The highest BCUT2D eigenvalue weighted by Gasteiger charge is 2.34. The van der Waals surface area contributed by atoms with Crippen molar-refractivity contribution in [2.75, 3.05) is 74.7 Å². The lowest BCUT2D eigenvalue weighted by molar-refractivity contribution is -0.128. The summed E-state index contributed by atoms with van der Waals surface area (Å²) in [7, 11) is 3.97. The Morgan fingerprint density at radius 3 is 2.68 bits per heavy atom. The largest absolute Gasteiger partial charge is 0.462 e. The highest BCUT2D eigenvalue weighted by molar-refractivity contribution is 5.99. The van der Waals surface area contributed by atoms with E-state index in [9.17, 15) is 14.9 Å². The molecule has 0 saturated carbocycles. The van der Waals surface area contributed by atoms with E-state index in [-0.39, 0.29) is 24.3 Å². The summed E-state index contributed by atoms with van der Waals surface area (Å²) < 4.78 is 6.27. The topological polar surface area (TPSA) is 122 Å². The Labute approximate surface area is 258 Å². The molecule has 6 rings (SSSR count). The first-order chi connectivity index (χ1) is 21.4. The highest BCUT2D eigenvalue weighted by atomic mass is 16.5. The van der Waals surface area contributed by atoms with E-state index in [2.05, 4.69) is 39.4 Å². The van der Waals surface area contributed by atoms with Crippen LogP contribution >= 0.6 is 0 Å². The maximum Gasteiger partial charge on any atom is 0.318 e. The second kappa shape index (κ2) is 12.8. The Hall–Kier alpha value is -4.24. The van der Waals surface area contributed by atoms with Crippen LogP contribution in [0.15, 0.2) is 25.0 Å². The molecule has 4 aliphatic rings. The van der Waals surface area contributed by atoms with E-state index in [1.54, 1.807) is 9.80 Å². The van der Waals surface area contributed by atoms with E-state index < -0.39 is 0 Å². The number of likely N-dealkylation sites (tertiary alicyclic amines) is 1. The van der Waals surface area contributed by atoms with E-state index in [1.807, 2.05) is 19.4 Å². The maximum absolute atomic E-state index is 12.6. The number of ether oxygens (including phenoxy) is 1. The van der Waals surface area contributed by atoms with Crippen LogP contribution in [0.1, 0.15) is 42.5 Å². The molecule has 12 nitrogen and oxygen atoms in total. The number of pyridine rings is 1. The average molecular weight is 600 g/mol. The molecule has 2 aromatic rings. The molecule has 0 aromatic carbocycles. The van der Waals surface area contributed by atoms with Crippen molar-refractivity contribution < 1.29 is 14.3 Å². The molecule has 12 heteroatoms. The fourth-order valence-electron chi connectivity index (χ4n) is 7.04. The molecule has 0 bridgehead atoms. The fraction of sp³-hybridized carbons (Fsp3) is 0.562. The summed E-state index contributed by atoms with van der Waals surface area (Å²) in [6.07, 6.45) is 10.1. The molecule has 0 unspecified atom stereocenters. The van der Waals surface area contributed by atoms with Gasteiger partial charge in [0.05, 0.1) is 41.8 Å². The van der Waals surface area contributed by atoms with E-state index in [0.717, 1.165) is 53.4 Å². The number of hydrogen-bond acceptors (Lipinski definition) is 10. The molecule has 232 valence electrons. The Kier molecular flexibility index (Phi) is 8.66. The predicted octanol–water partition coefficient (Wildman–Crippen LogP) is 1.98. The van der Waals surface area contributed by atoms with Crippen molar-refractivity contribution in [3.05, 3.63) is 41.9 Å². The predicted molar refractivity (Wildman–Crippen MR) is 167 cm³/mol. The molecule has 2 amide bonds. The molecule has 0 N–H and O–H groups in total.